The predicted molar refractivity (Wildman–Crippen MR) is 119 cm³/mol. The maximum atomic E-state index is 12.6. The van der Waals surface area contributed by atoms with Crippen LogP contribution in [0.1, 0.15) is 18.1 Å². The number of amides is 2. The summed E-state index contributed by atoms with van der Waals surface area (Å²) in [5, 5.41) is 8.07. The van der Waals surface area contributed by atoms with Crippen molar-refractivity contribution in [2.45, 2.75) is 26.8 Å². The number of aryl methyl sites for hydroxylation is 2. The lowest BCUT2D eigenvalue weighted by atomic mass is 10.1. The van der Waals surface area contributed by atoms with Crippen LogP contribution in [0.15, 0.2) is 60.7 Å². The van der Waals surface area contributed by atoms with E-state index >= 15 is 0 Å². The van der Waals surface area contributed by atoms with Crippen LogP contribution in [-0.4, -0.2) is 36.3 Å². The molecule has 3 aromatic rings. The van der Waals surface area contributed by atoms with Crippen molar-refractivity contribution >= 4 is 34.0 Å². The molecule has 0 aliphatic carbocycles. The second-order valence-corrected chi connectivity index (χ2v) is 7.51. The average Bonchev–Trinajstić information content (AvgIpc) is 2.69. The second kappa shape index (κ2) is 8.88. The maximum Gasteiger partial charge on any atom is 0.241 e. The minimum Gasteiger partial charge on any atom is -0.325 e. The fourth-order valence-corrected chi connectivity index (χ4v) is 3.14. The van der Waals surface area contributed by atoms with Gasteiger partial charge < -0.3 is 10.6 Å². The molecule has 0 saturated heterocycles. The zero-order valence-electron chi connectivity index (χ0n) is 17.3. The summed E-state index contributed by atoms with van der Waals surface area (Å²) in [7, 11) is 1.77. The topological polar surface area (TPSA) is 61.4 Å². The number of fused-ring (bicyclic) bond motifs is 1. The van der Waals surface area contributed by atoms with Crippen molar-refractivity contribution < 1.29 is 9.59 Å². The summed E-state index contributed by atoms with van der Waals surface area (Å²) in [6.45, 7) is 5.86. The fraction of sp³-hybridized carbons (Fsp3) is 0.250. The van der Waals surface area contributed by atoms with E-state index in [1.165, 1.54) is 0 Å². The van der Waals surface area contributed by atoms with Gasteiger partial charge in [0.15, 0.2) is 0 Å². The molecular weight excluding hydrogens is 362 g/mol. The van der Waals surface area contributed by atoms with Crippen LogP contribution >= 0.6 is 0 Å². The highest BCUT2D eigenvalue weighted by atomic mass is 16.2. The molecular formula is C24H27N3O2. The number of rotatable bonds is 6. The van der Waals surface area contributed by atoms with Crippen LogP contribution < -0.4 is 10.6 Å². The van der Waals surface area contributed by atoms with Gasteiger partial charge in [-0.05, 0) is 67.9 Å². The van der Waals surface area contributed by atoms with Crippen LogP contribution in [0.5, 0.6) is 0 Å². The molecule has 0 aliphatic heterocycles. The number of benzene rings is 3. The lowest BCUT2D eigenvalue weighted by Crippen LogP contribution is -2.43. The molecule has 0 heterocycles. The normalized spacial score (nSPS) is 12.0. The van der Waals surface area contributed by atoms with Gasteiger partial charge in [0.1, 0.15) is 0 Å². The van der Waals surface area contributed by atoms with Crippen molar-refractivity contribution in [3.8, 4) is 0 Å². The zero-order chi connectivity index (χ0) is 21.0. The quantitative estimate of drug-likeness (QED) is 0.659. The summed E-state index contributed by atoms with van der Waals surface area (Å²) in [5.41, 5.74) is 3.64. The van der Waals surface area contributed by atoms with E-state index in [1.54, 1.807) is 18.9 Å². The number of nitrogens with zero attached hydrogens (tertiary/aromatic N) is 1. The third-order valence-corrected chi connectivity index (χ3v) is 5.12. The van der Waals surface area contributed by atoms with Gasteiger partial charge in [-0.2, -0.15) is 0 Å². The number of anilines is 2. The maximum absolute atomic E-state index is 12.6. The molecule has 3 rings (SSSR count). The van der Waals surface area contributed by atoms with Gasteiger partial charge >= 0.3 is 0 Å². The highest BCUT2D eigenvalue weighted by Crippen LogP contribution is 2.19. The molecule has 0 radical (unpaired) electrons. The smallest absolute Gasteiger partial charge is 0.241 e. The summed E-state index contributed by atoms with van der Waals surface area (Å²) in [6.07, 6.45) is 0. The minimum absolute atomic E-state index is 0.125. The molecule has 29 heavy (non-hydrogen) atoms. The predicted octanol–water partition coefficient (Wildman–Crippen LogP) is 4.35. The van der Waals surface area contributed by atoms with Crippen LogP contribution in [0, 0.1) is 13.8 Å². The van der Waals surface area contributed by atoms with E-state index in [2.05, 4.69) is 10.6 Å². The molecule has 0 spiro atoms. The van der Waals surface area contributed by atoms with Crippen LogP contribution in [0.2, 0.25) is 0 Å². The van der Waals surface area contributed by atoms with E-state index in [0.29, 0.717) is 0 Å². The Kier molecular flexibility index (Phi) is 6.29. The van der Waals surface area contributed by atoms with Crippen LogP contribution in [0.3, 0.4) is 0 Å². The Labute approximate surface area is 171 Å². The van der Waals surface area contributed by atoms with Gasteiger partial charge in [0.25, 0.3) is 0 Å². The Morgan fingerprint density at radius 2 is 1.66 bits per heavy atom. The molecule has 3 aromatic carbocycles. The largest absolute Gasteiger partial charge is 0.325 e. The van der Waals surface area contributed by atoms with Crippen molar-refractivity contribution in [1.82, 2.24) is 4.90 Å². The minimum atomic E-state index is -0.453. The number of carbonyl (C=O) groups is 2. The fourth-order valence-electron chi connectivity index (χ4n) is 3.14. The molecule has 0 bridgehead atoms. The van der Waals surface area contributed by atoms with Crippen molar-refractivity contribution in [2.24, 2.45) is 0 Å². The van der Waals surface area contributed by atoms with Gasteiger partial charge in [0.2, 0.25) is 11.8 Å². The van der Waals surface area contributed by atoms with Gasteiger partial charge in [0.05, 0.1) is 12.6 Å². The number of carbonyl (C=O) groups excluding carboxylic acids is 2. The Hall–Kier alpha value is -3.18. The first-order chi connectivity index (χ1) is 13.8. The Morgan fingerprint density at radius 1 is 0.931 bits per heavy atom. The highest BCUT2D eigenvalue weighted by molar-refractivity contribution is 5.98. The number of hydrogen-bond donors (Lipinski definition) is 2. The van der Waals surface area contributed by atoms with Gasteiger partial charge in [-0.25, -0.2) is 0 Å². The Bertz CT molecular complexity index is 1050. The van der Waals surface area contributed by atoms with E-state index in [4.69, 9.17) is 0 Å². The van der Waals surface area contributed by atoms with E-state index in [0.717, 1.165) is 33.3 Å². The van der Waals surface area contributed by atoms with E-state index in [9.17, 15) is 9.59 Å². The average molecular weight is 389 g/mol. The Morgan fingerprint density at radius 3 is 2.41 bits per heavy atom. The summed E-state index contributed by atoms with van der Waals surface area (Å²) in [5.74, 6) is -0.297. The Balaban J connectivity index is 1.59. The van der Waals surface area contributed by atoms with Crippen molar-refractivity contribution in [1.29, 1.82) is 0 Å². The molecule has 0 saturated carbocycles. The molecule has 0 aromatic heterocycles. The third kappa shape index (κ3) is 5.21. The van der Waals surface area contributed by atoms with Crippen molar-refractivity contribution in [2.75, 3.05) is 24.2 Å². The van der Waals surface area contributed by atoms with Crippen LogP contribution in [0.4, 0.5) is 11.4 Å². The number of nitrogens with one attached hydrogen (secondary N) is 2. The van der Waals surface area contributed by atoms with E-state index in [-0.39, 0.29) is 18.4 Å². The van der Waals surface area contributed by atoms with Gasteiger partial charge in [-0.3, -0.25) is 14.5 Å². The summed E-state index contributed by atoms with van der Waals surface area (Å²) >= 11 is 0. The SMILES string of the molecule is Cc1ccc(C)c(NC(=O)CN(C)[C@@H](C)C(=O)Nc2ccc3ccccc3c2)c1. The molecule has 1 atom stereocenters. The monoisotopic (exact) mass is 389 g/mol. The first kappa shape index (κ1) is 20.6. The number of likely N-dealkylation sites (N-methyl/N-ethyl adjacent to an activating group) is 1. The lowest BCUT2D eigenvalue weighted by Gasteiger charge is -2.23. The van der Waals surface area contributed by atoms with Crippen LogP contribution in [-0.2, 0) is 9.59 Å². The molecule has 0 fully saturated rings. The zero-order valence-corrected chi connectivity index (χ0v) is 17.3. The first-order valence-corrected chi connectivity index (χ1v) is 9.70. The standard InChI is InChI=1S/C24H27N3O2/c1-16-9-10-17(2)22(13-16)26-23(28)15-27(4)18(3)24(29)25-21-12-11-19-7-5-6-8-20(19)14-21/h5-14,18H,15H2,1-4H3,(H,25,29)(H,26,28)/t18-/m0/s1. The van der Waals surface area contributed by atoms with Gasteiger partial charge in [-0.15, -0.1) is 0 Å². The molecule has 5 nitrogen and oxygen atoms in total. The van der Waals surface area contributed by atoms with Crippen molar-refractivity contribution in [3.05, 3.63) is 71.8 Å². The summed E-state index contributed by atoms with van der Waals surface area (Å²) < 4.78 is 0. The van der Waals surface area contributed by atoms with Crippen molar-refractivity contribution in [3.63, 3.8) is 0 Å². The molecule has 2 amide bonds. The third-order valence-electron chi connectivity index (χ3n) is 5.12. The summed E-state index contributed by atoms with van der Waals surface area (Å²) in [6, 6.07) is 19.3. The molecule has 0 aliphatic rings. The molecule has 0 unspecified atom stereocenters. The molecule has 2 N–H and O–H groups in total. The summed E-state index contributed by atoms with van der Waals surface area (Å²) in [4.78, 5) is 26.8. The highest BCUT2D eigenvalue weighted by Gasteiger charge is 2.20. The van der Waals surface area contributed by atoms with Crippen LogP contribution in [0.25, 0.3) is 10.8 Å². The molecule has 5 heteroatoms. The van der Waals surface area contributed by atoms with Gasteiger partial charge in [0, 0.05) is 11.4 Å². The van der Waals surface area contributed by atoms with E-state index in [1.807, 2.05) is 74.5 Å². The lowest BCUT2D eigenvalue weighted by molar-refractivity contribution is -0.122. The van der Waals surface area contributed by atoms with E-state index < -0.39 is 6.04 Å². The number of hydrogen-bond acceptors (Lipinski definition) is 3. The first-order valence-electron chi connectivity index (χ1n) is 9.70. The second-order valence-electron chi connectivity index (χ2n) is 7.51. The molecule has 150 valence electrons. The van der Waals surface area contributed by atoms with Gasteiger partial charge in [-0.1, -0.05) is 42.5 Å².